The Morgan fingerprint density at radius 3 is 3.20 bits per heavy atom. The predicted molar refractivity (Wildman–Crippen MR) is 41.2 cm³/mol. The third kappa shape index (κ3) is 2.64. The molecule has 1 saturated heterocycles. The van der Waals surface area contributed by atoms with Crippen molar-refractivity contribution in [2.45, 2.75) is 12.5 Å². The van der Waals surface area contributed by atoms with E-state index in [2.05, 4.69) is 10.6 Å². The van der Waals surface area contributed by atoms with Gasteiger partial charge in [-0.05, 0) is 20.0 Å². The number of ether oxygens (including phenoxy) is 1. The molecule has 1 heterocycles. The number of nitrogens with one attached hydrogen (secondary N) is 2. The molecule has 0 aliphatic carbocycles. The number of hydrogen-bond donors (Lipinski definition) is 2. The molecule has 0 amide bonds. The fraction of sp³-hybridized carbons (Fsp3) is 1.00. The highest BCUT2D eigenvalue weighted by molar-refractivity contribution is 4.67. The molecule has 0 aromatic carbocycles. The van der Waals surface area contributed by atoms with Gasteiger partial charge in [-0.2, -0.15) is 0 Å². The molecule has 10 heavy (non-hydrogen) atoms. The van der Waals surface area contributed by atoms with Crippen LogP contribution in [0.5, 0.6) is 0 Å². The van der Waals surface area contributed by atoms with Crippen molar-refractivity contribution < 1.29 is 4.74 Å². The normalized spacial score (nSPS) is 26.7. The van der Waals surface area contributed by atoms with Crippen molar-refractivity contribution >= 4 is 0 Å². The Hall–Kier alpha value is -0.120. The van der Waals surface area contributed by atoms with Crippen LogP contribution in [-0.4, -0.2) is 39.4 Å². The Morgan fingerprint density at radius 1 is 1.70 bits per heavy atom. The summed E-state index contributed by atoms with van der Waals surface area (Å²) < 4.78 is 5.48. The first kappa shape index (κ1) is 7.98. The molecule has 60 valence electrons. The van der Waals surface area contributed by atoms with Crippen molar-refractivity contribution in [3.8, 4) is 0 Å². The number of morpholine rings is 1. The summed E-state index contributed by atoms with van der Waals surface area (Å²) >= 11 is 0. The predicted octanol–water partition coefficient (Wildman–Crippen LogP) is -0.416. The van der Waals surface area contributed by atoms with Crippen molar-refractivity contribution in [1.82, 2.24) is 10.6 Å². The molecule has 1 unspecified atom stereocenters. The Kier molecular flexibility index (Phi) is 3.72. The van der Waals surface area contributed by atoms with Gasteiger partial charge < -0.3 is 15.4 Å². The van der Waals surface area contributed by atoms with E-state index in [-0.39, 0.29) is 0 Å². The van der Waals surface area contributed by atoms with E-state index < -0.39 is 0 Å². The van der Waals surface area contributed by atoms with E-state index in [0.717, 1.165) is 32.7 Å². The molecule has 1 atom stereocenters. The highest BCUT2D eigenvalue weighted by Crippen LogP contribution is 1.99. The van der Waals surface area contributed by atoms with Crippen molar-refractivity contribution in [3.63, 3.8) is 0 Å². The van der Waals surface area contributed by atoms with Crippen LogP contribution in [0.1, 0.15) is 6.42 Å². The molecular formula is C7H16N2O. The van der Waals surface area contributed by atoms with Gasteiger partial charge in [-0.25, -0.2) is 0 Å². The molecule has 0 spiro atoms. The Bertz CT molecular complexity index is 81.7. The summed E-state index contributed by atoms with van der Waals surface area (Å²) in [6, 6.07) is 0. The van der Waals surface area contributed by atoms with E-state index in [0.29, 0.717) is 6.10 Å². The first-order valence-corrected chi connectivity index (χ1v) is 3.90. The van der Waals surface area contributed by atoms with E-state index in [9.17, 15) is 0 Å². The third-order valence-electron chi connectivity index (χ3n) is 1.72. The molecule has 0 aromatic heterocycles. The lowest BCUT2D eigenvalue weighted by Gasteiger charge is -2.23. The fourth-order valence-electron chi connectivity index (χ4n) is 1.11. The summed E-state index contributed by atoms with van der Waals surface area (Å²) in [6.45, 7) is 3.94. The second kappa shape index (κ2) is 4.66. The van der Waals surface area contributed by atoms with Gasteiger partial charge in [-0.15, -0.1) is 0 Å². The van der Waals surface area contributed by atoms with E-state index in [4.69, 9.17) is 4.74 Å². The summed E-state index contributed by atoms with van der Waals surface area (Å²) in [7, 11) is 1.97. The molecule has 2 N–H and O–H groups in total. The van der Waals surface area contributed by atoms with Crippen molar-refractivity contribution in [2.24, 2.45) is 0 Å². The summed E-state index contributed by atoms with van der Waals surface area (Å²) in [5.74, 6) is 0. The minimum atomic E-state index is 0.432. The van der Waals surface area contributed by atoms with Crippen LogP contribution >= 0.6 is 0 Å². The molecule has 3 heteroatoms. The summed E-state index contributed by atoms with van der Waals surface area (Å²) in [6.07, 6.45) is 1.55. The maximum Gasteiger partial charge on any atom is 0.0712 e. The summed E-state index contributed by atoms with van der Waals surface area (Å²) in [5, 5.41) is 6.40. The maximum absolute atomic E-state index is 5.48. The van der Waals surface area contributed by atoms with Crippen LogP contribution < -0.4 is 10.6 Å². The minimum absolute atomic E-state index is 0.432. The SMILES string of the molecule is CNCCC1CNCCO1. The second-order valence-electron chi connectivity index (χ2n) is 2.59. The van der Waals surface area contributed by atoms with Gasteiger partial charge >= 0.3 is 0 Å². The topological polar surface area (TPSA) is 33.3 Å². The molecule has 1 aliphatic rings. The van der Waals surface area contributed by atoms with Gasteiger partial charge in [-0.1, -0.05) is 0 Å². The van der Waals surface area contributed by atoms with Gasteiger partial charge in [0.05, 0.1) is 12.7 Å². The molecule has 1 rings (SSSR count). The maximum atomic E-state index is 5.48. The zero-order valence-electron chi connectivity index (χ0n) is 6.52. The lowest BCUT2D eigenvalue weighted by Crippen LogP contribution is -2.39. The van der Waals surface area contributed by atoms with Crippen LogP contribution in [-0.2, 0) is 4.74 Å². The average molecular weight is 144 g/mol. The number of rotatable bonds is 3. The third-order valence-corrected chi connectivity index (χ3v) is 1.72. The van der Waals surface area contributed by atoms with Crippen molar-refractivity contribution in [2.75, 3.05) is 33.3 Å². The first-order chi connectivity index (χ1) is 4.93. The molecule has 1 aliphatic heterocycles. The van der Waals surface area contributed by atoms with Crippen LogP contribution in [0.4, 0.5) is 0 Å². The van der Waals surface area contributed by atoms with Crippen LogP contribution in [0.15, 0.2) is 0 Å². The van der Waals surface area contributed by atoms with Gasteiger partial charge in [0.1, 0.15) is 0 Å². The van der Waals surface area contributed by atoms with E-state index in [1.165, 1.54) is 0 Å². The van der Waals surface area contributed by atoms with Crippen molar-refractivity contribution in [3.05, 3.63) is 0 Å². The molecule has 0 bridgehead atoms. The van der Waals surface area contributed by atoms with Crippen molar-refractivity contribution in [1.29, 1.82) is 0 Å². The minimum Gasteiger partial charge on any atom is -0.376 e. The second-order valence-corrected chi connectivity index (χ2v) is 2.59. The molecule has 1 fully saturated rings. The highest BCUT2D eigenvalue weighted by atomic mass is 16.5. The van der Waals surface area contributed by atoms with Crippen LogP contribution in [0, 0.1) is 0 Å². The van der Waals surface area contributed by atoms with E-state index in [1.54, 1.807) is 0 Å². The molecule has 0 aromatic rings. The van der Waals surface area contributed by atoms with Gasteiger partial charge in [0.25, 0.3) is 0 Å². The lowest BCUT2D eigenvalue weighted by molar-refractivity contribution is 0.0241. The van der Waals surface area contributed by atoms with Gasteiger partial charge in [0, 0.05) is 13.1 Å². The molecule has 0 radical (unpaired) electrons. The Balaban J connectivity index is 2.02. The standard InChI is InChI=1S/C7H16N2O/c1-8-3-2-7-6-9-4-5-10-7/h7-9H,2-6H2,1H3. The van der Waals surface area contributed by atoms with Crippen LogP contribution in [0.3, 0.4) is 0 Å². The Morgan fingerprint density at radius 2 is 2.60 bits per heavy atom. The van der Waals surface area contributed by atoms with Gasteiger partial charge in [0.15, 0.2) is 0 Å². The van der Waals surface area contributed by atoms with E-state index >= 15 is 0 Å². The smallest absolute Gasteiger partial charge is 0.0712 e. The largest absolute Gasteiger partial charge is 0.376 e. The fourth-order valence-corrected chi connectivity index (χ4v) is 1.11. The van der Waals surface area contributed by atoms with Gasteiger partial charge in [-0.3, -0.25) is 0 Å². The monoisotopic (exact) mass is 144 g/mol. The van der Waals surface area contributed by atoms with Crippen LogP contribution in [0.2, 0.25) is 0 Å². The first-order valence-electron chi connectivity index (χ1n) is 3.90. The molecule has 0 saturated carbocycles. The molecular weight excluding hydrogens is 128 g/mol. The van der Waals surface area contributed by atoms with Gasteiger partial charge in [0.2, 0.25) is 0 Å². The zero-order valence-corrected chi connectivity index (χ0v) is 6.52. The van der Waals surface area contributed by atoms with Crippen LogP contribution in [0.25, 0.3) is 0 Å². The zero-order chi connectivity index (χ0) is 7.23. The summed E-state index contributed by atoms with van der Waals surface area (Å²) in [4.78, 5) is 0. The quantitative estimate of drug-likeness (QED) is 0.564. The average Bonchev–Trinajstić information content (AvgIpc) is 2.03. The van der Waals surface area contributed by atoms with E-state index in [1.807, 2.05) is 7.05 Å². The summed E-state index contributed by atoms with van der Waals surface area (Å²) in [5.41, 5.74) is 0. The number of hydrogen-bond acceptors (Lipinski definition) is 3. The highest BCUT2D eigenvalue weighted by Gasteiger charge is 2.11. The Labute approximate surface area is 62.1 Å². The molecule has 3 nitrogen and oxygen atoms in total. The lowest BCUT2D eigenvalue weighted by atomic mass is 10.2.